The summed E-state index contributed by atoms with van der Waals surface area (Å²) in [6, 6.07) is 8.44. The number of esters is 1. The summed E-state index contributed by atoms with van der Waals surface area (Å²) in [6.07, 6.45) is -1.39. The zero-order chi connectivity index (χ0) is 15.4. The van der Waals surface area contributed by atoms with Crippen molar-refractivity contribution in [3.63, 3.8) is 0 Å². The van der Waals surface area contributed by atoms with Crippen LogP contribution in [0.1, 0.15) is 12.5 Å². The monoisotopic (exact) mass is 293 g/mol. The van der Waals surface area contributed by atoms with E-state index in [1.54, 1.807) is 6.92 Å². The lowest BCUT2D eigenvalue weighted by Crippen LogP contribution is -2.43. The smallest absolute Gasteiger partial charge is 0.410 e. The van der Waals surface area contributed by atoms with Crippen LogP contribution in [0.5, 0.6) is 0 Å². The fourth-order valence-corrected chi connectivity index (χ4v) is 2.43. The number of likely N-dealkylation sites (tertiary alicyclic amines) is 1. The number of rotatable bonds is 3. The van der Waals surface area contributed by atoms with Crippen LogP contribution in [0.3, 0.4) is 0 Å². The highest BCUT2D eigenvalue weighted by atomic mass is 16.6. The molecule has 0 saturated carbocycles. The summed E-state index contributed by atoms with van der Waals surface area (Å²) in [6.45, 7) is 1.89. The average molecular weight is 293 g/mol. The van der Waals surface area contributed by atoms with Crippen LogP contribution in [0, 0.1) is 5.92 Å². The summed E-state index contributed by atoms with van der Waals surface area (Å²) >= 11 is 0. The molecule has 6 heteroatoms. The molecule has 1 fully saturated rings. The molecule has 0 spiro atoms. The number of hydrogen-bond donors (Lipinski definition) is 1. The number of carbonyl (C=O) groups is 2. The molecule has 0 bridgehead atoms. The van der Waals surface area contributed by atoms with Gasteiger partial charge in [0, 0.05) is 5.92 Å². The maximum absolute atomic E-state index is 12.1. The Hall–Kier alpha value is -2.08. The molecule has 114 valence electrons. The molecule has 0 aromatic heterocycles. The first-order valence-corrected chi connectivity index (χ1v) is 6.77. The Morgan fingerprint density at radius 3 is 2.62 bits per heavy atom. The standard InChI is InChI=1S/C15H19NO5/c1-10-12(17)8-16(13(10)14(18)20-2)15(19)21-9-11-6-4-3-5-7-11/h3-7,10,12-13,17H,8-9H2,1-2H3/t10-,12-,13-/m1/s1. The maximum Gasteiger partial charge on any atom is 0.410 e. The summed E-state index contributed by atoms with van der Waals surface area (Å²) in [7, 11) is 1.26. The van der Waals surface area contributed by atoms with Crippen LogP contribution in [0.25, 0.3) is 0 Å². The van der Waals surface area contributed by atoms with Crippen molar-refractivity contribution in [2.75, 3.05) is 13.7 Å². The molecular weight excluding hydrogens is 274 g/mol. The number of amides is 1. The highest BCUT2D eigenvalue weighted by Gasteiger charge is 2.46. The molecule has 1 amide bonds. The van der Waals surface area contributed by atoms with Gasteiger partial charge in [0.1, 0.15) is 12.6 Å². The first-order chi connectivity index (χ1) is 10.0. The second-order valence-corrected chi connectivity index (χ2v) is 5.09. The molecule has 6 nitrogen and oxygen atoms in total. The lowest BCUT2D eigenvalue weighted by molar-refractivity contribution is -0.146. The summed E-state index contributed by atoms with van der Waals surface area (Å²) in [5, 5.41) is 9.86. The molecule has 1 aromatic rings. The highest BCUT2D eigenvalue weighted by Crippen LogP contribution is 2.26. The largest absolute Gasteiger partial charge is 0.467 e. The van der Waals surface area contributed by atoms with Crippen molar-refractivity contribution in [1.82, 2.24) is 4.90 Å². The van der Waals surface area contributed by atoms with Gasteiger partial charge in [0.25, 0.3) is 0 Å². The third-order valence-corrected chi connectivity index (χ3v) is 3.71. The van der Waals surface area contributed by atoms with Crippen LogP contribution in [0.4, 0.5) is 4.79 Å². The van der Waals surface area contributed by atoms with Gasteiger partial charge in [0.15, 0.2) is 0 Å². The van der Waals surface area contributed by atoms with E-state index in [0.717, 1.165) is 5.56 Å². The minimum atomic E-state index is -0.812. The summed E-state index contributed by atoms with van der Waals surface area (Å²) in [5.41, 5.74) is 0.855. The first-order valence-electron chi connectivity index (χ1n) is 6.77. The van der Waals surface area contributed by atoms with E-state index in [4.69, 9.17) is 9.47 Å². The van der Waals surface area contributed by atoms with E-state index in [-0.39, 0.29) is 19.1 Å². The number of carbonyl (C=O) groups excluding carboxylic acids is 2. The molecular formula is C15H19NO5. The third-order valence-electron chi connectivity index (χ3n) is 3.71. The Balaban J connectivity index is 2.01. The number of benzene rings is 1. The molecule has 1 saturated heterocycles. The lowest BCUT2D eigenvalue weighted by Gasteiger charge is -2.23. The van der Waals surface area contributed by atoms with Gasteiger partial charge in [0.2, 0.25) is 0 Å². The van der Waals surface area contributed by atoms with Crippen LogP contribution in [0.15, 0.2) is 30.3 Å². The molecule has 21 heavy (non-hydrogen) atoms. The second kappa shape index (κ2) is 6.58. The van der Waals surface area contributed by atoms with Crippen LogP contribution in [0.2, 0.25) is 0 Å². The summed E-state index contributed by atoms with van der Waals surface area (Å²) < 4.78 is 9.90. The quantitative estimate of drug-likeness (QED) is 0.847. The fraction of sp³-hybridized carbons (Fsp3) is 0.467. The Morgan fingerprint density at radius 2 is 2.00 bits per heavy atom. The number of aliphatic hydroxyl groups is 1. The molecule has 0 unspecified atom stereocenters. The van der Waals surface area contributed by atoms with E-state index < -0.39 is 24.2 Å². The zero-order valence-electron chi connectivity index (χ0n) is 12.1. The number of hydrogen-bond acceptors (Lipinski definition) is 5. The molecule has 1 aromatic carbocycles. The Morgan fingerprint density at radius 1 is 1.33 bits per heavy atom. The SMILES string of the molecule is COC(=O)[C@H]1[C@H](C)[C@H](O)CN1C(=O)OCc1ccccc1. The van der Waals surface area contributed by atoms with Gasteiger partial charge < -0.3 is 14.6 Å². The van der Waals surface area contributed by atoms with E-state index in [0.29, 0.717) is 0 Å². The van der Waals surface area contributed by atoms with Gasteiger partial charge in [-0.05, 0) is 5.56 Å². The van der Waals surface area contributed by atoms with Gasteiger partial charge >= 0.3 is 12.1 Å². The summed E-state index contributed by atoms with van der Waals surface area (Å²) in [5.74, 6) is -0.933. The fourth-order valence-electron chi connectivity index (χ4n) is 2.43. The number of nitrogens with zero attached hydrogens (tertiary/aromatic N) is 1. The predicted molar refractivity (Wildman–Crippen MR) is 74.3 cm³/mol. The number of aliphatic hydroxyl groups excluding tert-OH is 1. The highest BCUT2D eigenvalue weighted by molar-refractivity contribution is 5.82. The molecule has 1 aliphatic rings. The van der Waals surface area contributed by atoms with Gasteiger partial charge in [0.05, 0.1) is 19.8 Å². The normalized spacial score (nSPS) is 24.7. The van der Waals surface area contributed by atoms with Crippen molar-refractivity contribution in [2.24, 2.45) is 5.92 Å². The van der Waals surface area contributed by atoms with E-state index in [9.17, 15) is 14.7 Å². The molecule has 1 aliphatic heterocycles. The number of ether oxygens (including phenoxy) is 2. The van der Waals surface area contributed by atoms with Crippen molar-refractivity contribution in [3.05, 3.63) is 35.9 Å². The first kappa shape index (κ1) is 15.3. The Labute approximate surface area is 123 Å². The van der Waals surface area contributed by atoms with Gasteiger partial charge in [-0.25, -0.2) is 9.59 Å². The van der Waals surface area contributed by atoms with Gasteiger partial charge in [-0.1, -0.05) is 37.3 Å². The van der Waals surface area contributed by atoms with E-state index in [1.165, 1.54) is 12.0 Å². The Bertz CT molecular complexity index is 504. The van der Waals surface area contributed by atoms with Crippen LogP contribution >= 0.6 is 0 Å². The van der Waals surface area contributed by atoms with Gasteiger partial charge in [-0.2, -0.15) is 0 Å². The Kier molecular flexibility index (Phi) is 4.80. The average Bonchev–Trinajstić information content (AvgIpc) is 2.81. The molecule has 1 heterocycles. The van der Waals surface area contributed by atoms with Gasteiger partial charge in [-0.3, -0.25) is 4.90 Å². The van der Waals surface area contributed by atoms with E-state index in [2.05, 4.69) is 0 Å². The minimum Gasteiger partial charge on any atom is -0.467 e. The molecule has 1 N–H and O–H groups in total. The van der Waals surface area contributed by atoms with Crippen LogP contribution < -0.4 is 0 Å². The van der Waals surface area contributed by atoms with Gasteiger partial charge in [-0.15, -0.1) is 0 Å². The second-order valence-electron chi connectivity index (χ2n) is 5.09. The summed E-state index contributed by atoms with van der Waals surface area (Å²) in [4.78, 5) is 25.1. The van der Waals surface area contributed by atoms with E-state index >= 15 is 0 Å². The molecule has 3 atom stereocenters. The molecule has 0 radical (unpaired) electrons. The van der Waals surface area contributed by atoms with Crippen molar-refractivity contribution >= 4 is 12.1 Å². The third kappa shape index (κ3) is 3.33. The van der Waals surface area contributed by atoms with Crippen LogP contribution in [-0.2, 0) is 20.9 Å². The van der Waals surface area contributed by atoms with E-state index in [1.807, 2.05) is 30.3 Å². The van der Waals surface area contributed by atoms with Crippen LogP contribution in [-0.4, -0.2) is 47.9 Å². The van der Waals surface area contributed by atoms with Crippen molar-refractivity contribution in [3.8, 4) is 0 Å². The predicted octanol–water partition coefficient (Wildman–Crippen LogP) is 1.18. The lowest BCUT2D eigenvalue weighted by atomic mass is 10.0. The minimum absolute atomic E-state index is 0.0640. The van der Waals surface area contributed by atoms with Crippen molar-refractivity contribution < 1.29 is 24.2 Å². The number of methoxy groups -OCH3 is 1. The van der Waals surface area contributed by atoms with Crippen molar-refractivity contribution in [2.45, 2.75) is 25.7 Å². The molecule has 0 aliphatic carbocycles. The number of β-amino-alcohol motifs (C(OH)–C–C–N with tert-alkyl or cyclic N) is 1. The topological polar surface area (TPSA) is 76.1 Å². The zero-order valence-corrected chi connectivity index (χ0v) is 12.1. The maximum atomic E-state index is 12.1. The molecule has 2 rings (SSSR count). The van der Waals surface area contributed by atoms with Crippen molar-refractivity contribution in [1.29, 1.82) is 0 Å².